The summed E-state index contributed by atoms with van der Waals surface area (Å²) in [6.45, 7) is 0.589. The van der Waals surface area contributed by atoms with Gasteiger partial charge < -0.3 is 19.5 Å². The first-order valence-corrected chi connectivity index (χ1v) is 9.40. The molecule has 0 saturated carbocycles. The van der Waals surface area contributed by atoms with Crippen LogP contribution in [0.25, 0.3) is 11.2 Å². The minimum absolute atomic E-state index is 0.167. The fourth-order valence-corrected chi connectivity index (χ4v) is 4.39. The third-order valence-electron chi connectivity index (χ3n) is 5.75. The van der Waals surface area contributed by atoms with Gasteiger partial charge in [-0.2, -0.15) is 4.57 Å². The molecule has 1 aromatic carbocycles. The van der Waals surface area contributed by atoms with Crippen molar-refractivity contribution in [1.29, 1.82) is 0 Å². The summed E-state index contributed by atoms with van der Waals surface area (Å²) in [6, 6.07) is 7.96. The first kappa shape index (κ1) is 17.5. The molecular weight excluding hydrogens is 374 g/mol. The number of pyridine rings is 1. The van der Waals surface area contributed by atoms with Gasteiger partial charge in [0.25, 0.3) is 11.7 Å². The Morgan fingerprint density at radius 1 is 1.10 bits per heavy atom. The molecule has 1 unspecified atom stereocenters. The molecule has 29 heavy (non-hydrogen) atoms. The zero-order chi connectivity index (χ0) is 20.3. The lowest BCUT2D eigenvalue weighted by atomic mass is 10.1. The van der Waals surface area contributed by atoms with Crippen LogP contribution in [-0.4, -0.2) is 36.1 Å². The average Bonchev–Trinajstić information content (AvgIpc) is 3.21. The van der Waals surface area contributed by atoms with Crippen LogP contribution >= 0.6 is 0 Å². The van der Waals surface area contributed by atoms with Crippen molar-refractivity contribution in [1.82, 2.24) is 9.47 Å². The van der Waals surface area contributed by atoms with Crippen LogP contribution in [0.5, 0.6) is 17.2 Å². The number of methoxy groups -OCH3 is 2. The maximum Gasteiger partial charge on any atom is 0.335 e. The molecule has 0 aliphatic carbocycles. The van der Waals surface area contributed by atoms with E-state index in [0.717, 1.165) is 6.42 Å². The predicted octanol–water partition coefficient (Wildman–Crippen LogP) is 0.958. The van der Waals surface area contributed by atoms with E-state index in [-0.39, 0.29) is 17.5 Å². The van der Waals surface area contributed by atoms with Crippen LogP contribution in [0.3, 0.4) is 0 Å². The molecule has 1 saturated heterocycles. The SMILES string of the molecule is COc1ccc2c(c1)C(=O)N1CCCC1c1n-2c(=O)c([O-])c2cc(OC)cc[n+]12. The van der Waals surface area contributed by atoms with Gasteiger partial charge in [-0.05, 0) is 31.0 Å². The molecule has 0 bridgehead atoms. The van der Waals surface area contributed by atoms with Crippen molar-refractivity contribution in [3.8, 4) is 22.9 Å². The number of hydrogen-bond acceptors (Lipinski definition) is 5. The lowest BCUT2D eigenvalue weighted by Gasteiger charge is -2.21. The largest absolute Gasteiger partial charge is 0.864 e. The van der Waals surface area contributed by atoms with E-state index < -0.39 is 11.3 Å². The van der Waals surface area contributed by atoms with E-state index in [0.29, 0.717) is 41.5 Å². The molecule has 148 valence electrons. The van der Waals surface area contributed by atoms with Crippen LogP contribution < -0.4 is 24.5 Å². The Kier molecular flexibility index (Phi) is 3.77. The van der Waals surface area contributed by atoms with Gasteiger partial charge in [0, 0.05) is 24.4 Å². The number of nitrogens with zero attached hydrogens (tertiary/aromatic N) is 3. The molecule has 1 atom stereocenters. The van der Waals surface area contributed by atoms with E-state index in [1.54, 1.807) is 45.8 Å². The number of fused-ring (bicyclic) bond motifs is 7. The first-order chi connectivity index (χ1) is 14.0. The van der Waals surface area contributed by atoms with Gasteiger partial charge in [-0.25, -0.2) is 9.20 Å². The minimum Gasteiger partial charge on any atom is -0.864 e. The van der Waals surface area contributed by atoms with Crippen LogP contribution in [0.1, 0.15) is 35.1 Å². The van der Waals surface area contributed by atoms with Crippen molar-refractivity contribution in [2.75, 3.05) is 20.8 Å². The molecule has 2 aliphatic heterocycles. The fourth-order valence-electron chi connectivity index (χ4n) is 4.39. The molecule has 4 heterocycles. The van der Waals surface area contributed by atoms with Gasteiger partial charge in [-0.15, -0.1) is 0 Å². The summed E-state index contributed by atoms with van der Waals surface area (Å²) in [5, 5.41) is 13.0. The summed E-state index contributed by atoms with van der Waals surface area (Å²) >= 11 is 0. The summed E-state index contributed by atoms with van der Waals surface area (Å²) in [6.07, 6.45) is 3.25. The Labute approximate surface area is 166 Å². The average molecular weight is 393 g/mol. The molecule has 8 heteroatoms. The molecule has 1 fully saturated rings. The first-order valence-electron chi connectivity index (χ1n) is 9.40. The van der Waals surface area contributed by atoms with Crippen LogP contribution in [0, 0.1) is 0 Å². The molecule has 3 aromatic rings. The van der Waals surface area contributed by atoms with Crippen molar-refractivity contribution in [3.05, 3.63) is 58.3 Å². The van der Waals surface area contributed by atoms with Crippen LogP contribution in [0.2, 0.25) is 0 Å². The molecule has 0 spiro atoms. The summed E-state index contributed by atoms with van der Waals surface area (Å²) in [7, 11) is 3.03. The Hall–Kier alpha value is -3.55. The minimum atomic E-state index is -0.679. The molecule has 2 aromatic heterocycles. The van der Waals surface area contributed by atoms with Gasteiger partial charge in [-0.3, -0.25) is 4.79 Å². The van der Waals surface area contributed by atoms with Crippen molar-refractivity contribution < 1.29 is 23.8 Å². The molecule has 1 amide bonds. The van der Waals surface area contributed by atoms with Crippen molar-refractivity contribution in [2.45, 2.75) is 18.9 Å². The van der Waals surface area contributed by atoms with Gasteiger partial charge in [0.2, 0.25) is 0 Å². The van der Waals surface area contributed by atoms with Gasteiger partial charge in [0.05, 0.1) is 26.0 Å². The van der Waals surface area contributed by atoms with Crippen molar-refractivity contribution in [2.24, 2.45) is 0 Å². The predicted molar refractivity (Wildman–Crippen MR) is 101 cm³/mol. The van der Waals surface area contributed by atoms with Gasteiger partial charge in [0.15, 0.2) is 0 Å². The topological polar surface area (TPSA) is 87.9 Å². The number of benzene rings is 1. The summed E-state index contributed by atoms with van der Waals surface area (Å²) < 4.78 is 13.6. The number of amides is 1. The molecule has 0 N–H and O–H groups in total. The highest BCUT2D eigenvalue weighted by molar-refractivity contribution is 5.99. The second-order valence-electron chi connectivity index (χ2n) is 7.19. The highest BCUT2D eigenvalue weighted by Gasteiger charge is 2.43. The Bertz CT molecular complexity index is 1230. The van der Waals surface area contributed by atoms with E-state index in [2.05, 4.69) is 0 Å². The summed E-state index contributed by atoms with van der Waals surface area (Å²) in [5.41, 5.74) is 0.301. The lowest BCUT2D eigenvalue weighted by molar-refractivity contribution is -0.535. The zero-order valence-corrected chi connectivity index (χ0v) is 16.0. The highest BCUT2D eigenvalue weighted by Crippen LogP contribution is 2.37. The van der Waals surface area contributed by atoms with E-state index in [1.807, 2.05) is 0 Å². The lowest BCUT2D eigenvalue weighted by Crippen LogP contribution is -2.43. The smallest absolute Gasteiger partial charge is 0.335 e. The monoisotopic (exact) mass is 393 g/mol. The number of carbonyl (C=O) groups excluding carboxylic acids is 1. The van der Waals surface area contributed by atoms with Gasteiger partial charge >= 0.3 is 5.56 Å². The number of ether oxygens (including phenoxy) is 2. The number of aromatic nitrogens is 2. The molecular formula is C21H19N3O5. The van der Waals surface area contributed by atoms with E-state index in [4.69, 9.17) is 9.47 Å². The fraction of sp³-hybridized carbons (Fsp3) is 0.286. The summed E-state index contributed by atoms with van der Waals surface area (Å²) in [4.78, 5) is 28.3. The third-order valence-corrected chi connectivity index (χ3v) is 5.75. The highest BCUT2D eigenvalue weighted by atomic mass is 16.5. The van der Waals surface area contributed by atoms with Gasteiger partial charge in [0.1, 0.15) is 28.7 Å². The maximum atomic E-state index is 13.3. The second kappa shape index (κ2) is 6.23. The van der Waals surface area contributed by atoms with Gasteiger partial charge in [-0.1, -0.05) is 0 Å². The number of hydrogen-bond donors (Lipinski definition) is 0. The molecule has 0 radical (unpaired) electrons. The normalized spacial score (nSPS) is 17.5. The quantitative estimate of drug-likeness (QED) is 0.605. The molecule has 5 rings (SSSR count). The van der Waals surface area contributed by atoms with Crippen molar-refractivity contribution in [3.63, 3.8) is 0 Å². The molecule has 8 nitrogen and oxygen atoms in total. The second-order valence-corrected chi connectivity index (χ2v) is 7.19. The van der Waals surface area contributed by atoms with Crippen LogP contribution in [-0.2, 0) is 0 Å². The Morgan fingerprint density at radius 3 is 2.62 bits per heavy atom. The van der Waals surface area contributed by atoms with E-state index in [1.165, 1.54) is 18.8 Å². The van der Waals surface area contributed by atoms with E-state index >= 15 is 0 Å². The standard InChI is InChI=1S/C21H19N3O5/c1-28-12-5-6-15-14(10-12)20(26)23-8-3-4-16(23)19-22-9-7-13(29-2)11-17(22)18(25)21(27)24(15)19/h5-7,9-11,16H,3-4,8H2,1-2H3. The van der Waals surface area contributed by atoms with Crippen molar-refractivity contribution >= 4 is 11.4 Å². The molecule has 2 aliphatic rings. The van der Waals surface area contributed by atoms with Crippen LogP contribution in [0.15, 0.2) is 41.3 Å². The number of carbonyl (C=O) groups is 1. The van der Waals surface area contributed by atoms with Crippen LogP contribution in [0.4, 0.5) is 0 Å². The summed E-state index contributed by atoms with van der Waals surface area (Å²) in [5.74, 6) is 0.795. The Balaban J connectivity index is 1.95. The third kappa shape index (κ3) is 2.35. The maximum absolute atomic E-state index is 13.3. The number of rotatable bonds is 2. The Morgan fingerprint density at radius 2 is 1.86 bits per heavy atom. The van der Waals surface area contributed by atoms with E-state index in [9.17, 15) is 14.7 Å². The zero-order valence-electron chi connectivity index (χ0n) is 16.0.